The van der Waals surface area contributed by atoms with Crippen molar-refractivity contribution in [1.82, 2.24) is 10.2 Å². The fraction of sp³-hybridized carbons (Fsp3) is 0.786. The Morgan fingerprint density at radius 3 is 2.65 bits per heavy atom. The maximum Gasteiger partial charge on any atom is 0.329 e. The molecule has 0 aromatic carbocycles. The number of rotatable bonds is 6. The molecule has 2 aliphatic rings. The van der Waals surface area contributed by atoms with E-state index in [-0.39, 0.29) is 24.2 Å². The van der Waals surface area contributed by atoms with Crippen molar-refractivity contribution in [3.8, 4) is 0 Å². The molecule has 1 aliphatic heterocycles. The van der Waals surface area contributed by atoms with Gasteiger partial charge in [-0.15, -0.1) is 0 Å². The van der Waals surface area contributed by atoms with Gasteiger partial charge in [-0.1, -0.05) is 0 Å². The third-order valence-corrected chi connectivity index (χ3v) is 4.22. The van der Waals surface area contributed by atoms with Gasteiger partial charge in [-0.3, -0.25) is 9.59 Å². The maximum atomic E-state index is 12.1. The van der Waals surface area contributed by atoms with Crippen LogP contribution in [-0.2, 0) is 14.4 Å². The molecule has 0 aromatic heterocycles. The quantitative estimate of drug-likeness (QED) is 0.704. The third kappa shape index (κ3) is 3.11. The number of carbonyl (C=O) groups excluding carboxylic acids is 2. The number of nitrogens with one attached hydrogen (secondary N) is 1. The Morgan fingerprint density at radius 2 is 2.05 bits per heavy atom. The second-order valence-corrected chi connectivity index (χ2v) is 5.90. The molecule has 1 saturated heterocycles. The van der Waals surface area contributed by atoms with Crippen molar-refractivity contribution in [2.45, 2.75) is 51.0 Å². The lowest BCUT2D eigenvalue weighted by molar-refractivity contribution is -0.155. The summed E-state index contributed by atoms with van der Waals surface area (Å²) in [6.45, 7) is 2.60. The maximum absolute atomic E-state index is 12.1. The van der Waals surface area contributed by atoms with Crippen LogP contribution in [-0.4, -0.2) is 46.4 Å². The molecule has 6 nitrogen and oxygen atoms in total. The van der Waals surface area contributed by atoms with Gasteiger partial charge in [-0.25, -0.2) is 4.79 Å². The molecule has 2 fully saturated rings. The smallest absolute Gasteiger partial charge is 0.329 e. The molecule has 2 amide bonds. The van der Waals surface area contributed by atoms with Gasteiger partial charge < -0.3 is 15.3 Å². The van der Waals surface area contributed by atoms with E-state index in [1.54, 1.807) is 6.92 Å². The normalized spacial score (nSPS) is 25.6. The topological polar surface area (TPSA) is 86.7 Å². The fourth-order valence-electron chi connectivity index (χ4n) is 2.66. The predicted octanol–water partition coefficient (Wildman–Crippen LogP) is 0.758. The lowest BCUT2D eigenvalue weighted by Gasteiger charge is -2.31. The molecule has 112 valence electrons. The van der Waals surface area contributed by atoms with Crippen molar-refractivity contribution in [1.29, 1.82) is 0 Å². The SMILES string of the molecule is CC1(C(=O)O)CCCN1C(=O)CCCNC(=O)C1CC1. The first kappa shape index (κ1) is 14.8. The van der Waals surface area contributed by atoms with E-state index in [9.17, 15) is 19.5 Å². The van der Waals surface area contributed by atoms with Gasteiger partial charge in [0.05, 0.1) is 0 Å². The van der Waals surface area contributed by atoms with Gasteiger partial charge in [-0.05, 0) is 39.0 Å². The lowest BCUT2D eigenvalue weighted by Crippen LogP contribution is -2.50. The Kier molecular flexibility index (Phi) is 4.30. The number of carbonyl (C=O) groups is 3. The summed E-state index contributed by atoms with van der Waals surface area (Å²) in [4.78, 5) is 36.3. The largest absolute Gasteiger partial charge is 0.480 e. The Morgan fingerprint density at radius 1 is 1.35 bits per heavy atom. The van der Waals surface area contributed by atoms with Crippen molar-refractivity contribution in [3.05, 3.63) is 0 Å². The monoisotopic (exact) mass is 282 g/mol. The van der Waals surface area contributed by atoms with Gasteiger partial charge >= 0.3 is 5.97 Å². The van der Waals surface area contributed by atoms with Gasteiger partial charge in [0.1, 0.15) is 5.54 Å². The number of nitrogens with zero attached hydrogens (tertiary/aromatic N) is 1. The van der Waals surface area contributed by atoms with E-state index in [2.05, 4.69) is 5.32 Å². The predicted molar refractivity (Wildman–Crippen MR) is 72.0 cm³/mol. The summed E-state index contributed by atoms with van der Waals surface area (Å²) in [5.41, 5.74) is -1.06. The molecule has 0 spiro atoms. The number of aliphatic carboxylic acids is 1. The van der Waals surface area contributed by atoms with E-state index in [1.807, 2.05) is 0 Å². The Hall–Kier alpha value is -1.59. The summed E-state index contributed by atoms with van der Waals surface area (Å²) in [5.74, 6) is -0.813. The van der Waals surface area contributed by atoms with E-state index in [0.29, 0.717) is 25.9 Å². The number of likely N-dealkylation sites (tertiary alicyclic amines) is 1. The van der Waals surface area contributed by atoms with Crippen molar-refractivity contribution in [3.63, 3.8) is 0 Å². The first-order valence-electron chi connectivity index (χ1n) is 7.27. The van der Waals surface area contributed by atoms with Crippen LogP contribution in [0.5, 0.6) is 0 Å². The zero-order valence-electron chi connectivity index (χ0n) is 11.9. The van der Waals surface area contributed by atoms with E-state index in [4.69, 9.17) is 0 Å². The van der Waals surface area contributed by atoms with Crippen molar-refractivity contribution >= 4 is 17.8 Å². The molecule has 2 rings (SSSR count). The highest BCUT2D eigenvalue weighted by atomic mass is 16.4. The standard InChI is InChI=1S/C14H22N2O4/c1-14(13(19)20)7-3-9-16(14)11(17)4-2-8-15-12(18)10-5-6-10/h10H,2-9H2,1H3,(H,15,18)(H,19,20). The number of carboxylic acid groups (broad SMARTS) is 1. The second kappa shape index (κ2) is 5.81. The molecular formula is C14H22N2O4. The molecule has 1 heterocycles. The first-order chi connectivity index (χ1) is 9.45. The van der Waals surface area contributed by atoms with Gasteiger partial charge in [0, 0.05) is 25.4 Å². The van der Waals surface area contributed by atoms with Crippen LogP contribution in [0.25, 0.3) is 0 Å². The van der Waals surface area contributed by atoms with Crippen molar-refractivity contribution in [2.75, 3.05) is 13.1 Å². The molecule has 1 atom stereocenters. The Balaban J connectivity index is 1.73. The molecule has 0 radical (unpaired) electrons. The zero-order chi connectivity index (χ0) is 14.8. The summed E-state index contributed by atoms with van der Waals surface area (Å²) < 4.78 is 0. The molecule has 0 bridgehead atoms. The van der Waals surface area contributed by atoms with Crippen molar-refractivity contribution in [2.24, 2.45) is 5.92 Å². The molecule has 2 N–H and O–H groups in total. The Labute approximate surface area is 118 Å². The summed E-state index contributed by atoms with van der Waals surface area (Å²) in [6.07, 6.45) is 4.02. The highest BCUT2D eigenvalue weighted by molar-refractivity contribution is 5.87. The molecule has 1 saturated carbocycles. The summed E-state index contributed by atoms with van der Waals surface area (Å²) >= 11 is 0. The van der Waals surface area contributed by atoms with Gasteiger partial charge in [0.2, 0.25) is 11.8 Å². The Bertz CT molecular complexity index is 419. The van der Waals surface area contributed by atoms with Crippen LogP contribution in [0.2, 0.25) is 0 Å². The van der Waals surface area contributed by atoms with Crippen LogP contribution in [0.15, 0.2) is 0 Å². The molecule has 6 heteroatoms. The minimum Gasteiger partial charge on any atom is -0.480 e. The summed E-state index contributed by atoms with van der Waals surface area (Å²) in [7, 11) is 0. The molecule has 1 aliphatic carbocycles. The van der Waals surface area contributed by atoms with Crippen LogP contribution < -0.4 is 5.32 Å². The van der Waals surface area contributed by atoms with E-state index < -0.39 is 11.5 Å². The van der Waals surface area contributed by atoms with Crippen LogP contribution in [0.1, 0.15) is 45.4 Å². The third-order valence-electron chi connectivity index (χ3n) is 4.22. The summed E-state index contributed by atoms with van der Waals surface area (Å²) in [6, 6.07) is 0. The van der Waals surface area contributed by atoms with Crippen LogP contribution >= 0.6 is 0 Å². The average molecular weight is 282 g/mol. The van der Waals surface area contributed by atoms with E-state index >= 15 is 0 Å². The van der Waals surface area contributed by atoms with E-state index in [0.717, 1.165) is 19.3 Å². The van der Waals surface area contributed by atoms with Crippen LogP contribution in [0, 0.1) is 5.92 Å². The number of amides is 2. The fourth-order valence-corrected chi connectivity index (χ4v) is 2.66. The minimum absolute atomic E-state index is 0.0778. The first-order valence-corrected chi connectivity index (χ1v) is 7.27. The second-order valence-electron chi connectivity index (χ2n) is 5.90. The zero-order valence-corrected chi connectivity index (χ0v) is 11.9. The molecular weight excluding hydrogens is 260 g/mol. The molecule has 1 unspecified atom stereocenters. The summed E-state index contributed by atoms with van der Waals surface area (Å²) in [5, 5.41) is 12.1. The highest BCUT2D eigenvalue weighted by Crippen LogP contribution is 2.30. The van der Waals surface area contributed by atoms with E-state index in [1.165, 1.54) is 4.90 Å². The van der Waals surface area contributed by atoms with Crippen LogP contribution in [0.4, 0.5) is 0 Å². The lowest BCUT2D eigenvalue weighted by atomic mass is 9.99. The van der Waals surface area contributed by atoms with Crippen LogP contribution in [0.3, 0.4) is 0 Å². The number of hydrogen-bond donors (Lipinski definition) is 2. The minimum atomic E-state index is -1.06. The number of carboxylic acids is 1. The van der Waals surface area contributed by atoms with Crippen molar-refractivity contribution < 1.29 is 19.5 Å². The number of hydrogen-bond acceptors (Lipinski definition) is 3. The molecule has 0 aromatic rings. The average Bonchev–Trinajstić information content (AvgIpc) is 3.17. The van der Waals surface area contributed by atoms with Gasteiger partial charge in [-0.2, -0.15) is 0 Å². The highest BCUT2D eigenvalue weighted by Gasteiger charge is 2.45. The molecule has 20 heavy (non-hydrogen) atoms. The van der Waals surface area contributed by atoms with Gasteiger partial charge in [0.25, 0.3) is 0 Å². The van der Waals surface area contributed by atoms with Gasteiger partial charge in [0.15, 0.2) is 0 Å².